The molecule has 0 unspecified atom stereocenters. The summed E-state index contributed by atoms with van der Waals surface area (Å²) in [6.45, 7) is 3.66. The number of rotatable bonds is 4. The summed E-state index contributed by atoms with van der Waals surface area (Å²) in [4.78, 5) is 18.2. The van der Waals surface area contributed by atoms with Crippen molar-refractivity contribution < 1.29 is 4.79 Å². The monoisotopic (exact) mass is 307 g/mol. The van der Waals surface area contributed by atoms with Gasteiger partial charge in [-0.2, -0.15) is 9.82 Å². The van der Waals surface area contributed by atoms with Crippen molar-refractivity contribution in [1.82, 2.24) is 20.5 Å². The van der Waals surface area contributed by atoms with Crippen LogP contribution in [0.5, 0.6) is 0 Å². The summed E-state index contributed by atoms with van der Waals surface area (Å²) in [5.41, 5.74) is 4.03. The molecule has 104 valence electrons. The lowest BCUT2D eigenvalue weighted by Crippen LogP contribution is -2.30. The van der Waals surface area contributed by atoms with E-state index in [-0.39, 0.29) is 0 Å². The van der Waals surface area contributed by atoms with Crippen LogP contribution >= 0.6 is 23.3 Å². The van der Waals surface area contributed by atoms with Gasteiger partial charge in [0.1, 0.15) is 5.01 Å². The molecule has 2 amide bonds. The summed E-state index contributed by atoms with van der Waals surface area (Å²) in [5, 5.41) is 8.65. The maximum atomic E-state index is 11.6. The molecule has 2 rings (SSSR count). The van der Waals surface area contributed by atoms with E-state index in [1.165, 1.54) is 23.3 Å². The Balaban J connectivity index is 1.83. The number of aliphatic imine (C=N–C) groups is 1. The van der Waals surface area contributed by atoms with Crippen LogP contribution in [0.3, 0.4) is 0 Å². The van der Waals surface area contributed by atoms with Crippen LogP contribution in [-0.2, 0) is 0 Å². The van der Waals surface area contributed by atoms with Crippen molar-refractivity contribution in [3.05, 3.63) is 40.9 Å². The minimum Gasteiger partial charge on any atom is -0.261 e. The molecule has 0 saturated heterocycles. The molecule has 20 heavy (non-hydrogen) atoms. The third-order valence-corrected chi connectivity index (χ3v) is 3.86. The highest BCUT2D eigenvalue weighted by atomic mass is 32.2. The molecule has 1 aromatic carbocycles. The van der Waals surface area contributed by atoms with Crippen LogP contribution in [0.25, 0.3) is 0 Å². The van der Waals surface area contributed by atoms with Gasteiger partial charge in [0.25, 0.3) is 0 Å². The average Bonchev–Trinajstić information content (AvgIpc) is 2.85. The third kappa shape index (κ3) is 4.41. The fraction of sp³-hybridized carbons (Fsp3) is 0.167. The minimum absolute atomic E-state index is 0.458. The van der Waals surface area contributed by atoms with E-state index in [1.807, 2.05) is 37.3 Å². The van der Waals surface area contributed by atoms with Crippen LogP contribution in [0.15, 0.2) is 39.7 Å². The number of aromatic nitrogens is 2. The quantitative estimate of drug-likeness (QED) is 0.515. The molecule has 0 aliphatic heterocycles. The van der Waals surface area contributed by atoms with E-state index in [2.05, 4.69) is 25.4 Å². The fourth-order valence-corrected chi connectivity index (χ4v) is 2.73. The number of aryl methyl sites for hydroxylation is 1. The van der Waals surface area contributed by atoms with Crippen LogP contribution in [0, 0.1) is 6.92 Å². The van der Waals surface area contributed by atoms with E-state index >= 15 is 0 Å². The topological polar surface area (TPSA) is 79.3 Å². The first kappa shape index (κ1) is 14.6. The summed E-state index contributed by atoms with van der Waals surface area (Å²) in [5.74, 6) is 0. The number of nitrogens with one attached hydrogen (secondary N) is 2. The Morgan fingerprint density at radius 3 is 2.70 bits per heavy atom. The summed E-state index contributed by atoms with van der Waals surface area (Å²) in [7, 11) is 0. The molecule has 0 atom stereocenters. The van der Waals surface area contributed by atoms with Gasteiger partial charge in [0.15, 0.2) is 4.34 Å². The van der Waals surface area contributed by atoms with Gasteiger partial charge in [-0.15, -0.1) is 10.2 Å². The summed E-state index contributed by atoms with van der Waals surface area (Å²) >= 11 is 2.63. The number of amides is 2. The normalized spacial score (nSPS) is 11.4. The molecular weight excluding hydrogens is 294 g/mol. The Morgan fingerprint density at radius 2 is 2.05 bits per heavy atom. The maximum Gasteiger partial charge on any atom is 0.356 e. The molecule has 2 aromatic rings. The van der Waals surface area contributed by atoms with E-state index in [9.17, 15) is 4.79 Å². The molecule has 8 heteroatoms. The summed E-state index contributed by atoms with van der Waals surface area (Å²) in [6, 6.07) is 9.06. The largest absolute Gasteiger partial charge is 0.356 e. The number of nitrogens with zero attached hydrogens (tertiary/aromatic N) is 3. The van der Waals surface area contributed by atoms with Crippen molar-refractivity contribution in [3.8, 4) is 0 Å². The molecule has 0 aliphatic rings. The van der Waals surface area contributed by atoms with Crippen molar-refractivity contribution >= 4 is 35.0 Å². The summed E-state index contributed by atoms with van der Waals surface area (Å²) in [6.07, 6.45) is 0. The van der Waals surface area contributed by atoms with E-state index in [0.717, 1.165) is 14.9 Å². The smallest absolute Gasteiger partial charge is 0.261 e. The molecular formula is C12H13N5OS2. The first-order valence-corrected chi connectivity index (χ1v) is 7.41. The van der Waals surface area contributed by atoms with Gasteiger partial charge >= 0.3 is 6.03 Å². The highest BCUT2D eigenvalue weighted by Crippen LogP contribution is 2.17. The molecule has 0 bridgehead atoms. The van der Waals surface area contributed by atoms with Crippen LogP contribution in [0.4, 0.5) is 4.79 Å². The predicted molar refractivity (Wildman–Crippen MR) is 80.8 cm³/mol. The van der Waals surface area contributed by atoms with Gasteiger partial charge < -0.3 is 0 Å². The van der Waals surface area contributed by atoms with Gasteiger partial charge in [0.2, 0.25) is 0 Å². The van der Waals surface area contributed by atoms with E-state index in [0.29, 0.717) is 5.71 Å². The van der Waals surface area contributed by atoms with Gasteiger partial charge in [-0.1, -0.05) is 41.7 Å². The SMILES string of the molecule is CC(=NC(=O)NNSc1nnc(C)s1)c1ccccc1. The van der Waals surface area contributed by atoms with E-state index in [1.54, 1.807) is 6.92 Å². The van der Waals surface area contributed by atoms with Crippen molar-refractivity contribution in [2.75, 3.05) is 0 Å². The van der Waals surface area contributed by atoms with Crippen LogP contribution in [0.2, 0.25) is 0 Å². The predicted octanol–water partition coefficient (Wildman–Crippen LogP) is 2.58. The number of hydrazine groups is 1. The van der Waals surface area contributed by atoms with Crippen molar-refractivity contribution in [3.63, 3.8) is 0 Å². The molecule has 0 aliphatic carbocycles. The van der Waals surface area contributed by atoms with Gasteiger partial charge in [0, 0.05) is 11.9 Å². The lowest BCUT2D eigenvalue weighted by atomic mass is 10.1. The fourth-order valence-electron chi connectivity index (χ4n) is 1.36. The number of benzene rings is 1. The van der Waals surface area contributed by atoms with Crippen molar-refractivity contribution in [2.24, 2.45) is 4.99 Å². The molecule has 1 aromatic heterocycles. The Morgan fingerprint density at radius 1 is 1.30 bits per heavy atom. The van der Waals surface area contributed by atoms with Gasteiger partial charge in [-0.05, 0) is 19.4 Å². The van der Waals surface area contributed by atoms with Crippen LogP contribution in [-0.4, -0.2) is 21.9 Å². The second-order valence-electron chi connectivity index (χ2n) is 3.78. The second kappa shape index (κ2) is 7.13. The summed E-state index contributed by atoms with van der Waals surface area (Å²) < 4.78 is 0.728. The zero-order chi connectivity index (χ0) is 14.4. The number of carbonyl (C=O) groups excluding carboxylic acids is 1. The van der Waals surface area contributed by atoms with Crippen LogP contribution < -0.4 is 10.3 Å². The molecule has 0 fully saturated rings. The van der Waals surface area contributed by atoms with Crippen molar-refractivity contribution in [1.29, 1.82) is 0 Å². The Hall–Kier alpha value is -1.77. The first-order valence-electron chi connectivity index (χ1n) is 5.78. The highest BCUT2D eigenvalue weighted by Gasteiger charge is 2.03. The lowest BCUT2D eigenvalue weighted by molar-refractivity contribution is 0.248. The Labute approximate surface area is 124 Å². The van der Waals surface area contributed by atoms with E-state index in [4.69, 9.17) is 0 Å². The second-order valence-corrected chi connectivity index (χ2v) is 6.02. The number of urea groups is 1. The molecule has 6 nitrogen and oxygen atoms in total. The molecule has 1 heterocycles. The Kier molecular flexibility index (Phi) is 5.22. The molecule has 0 saturated carbocycles. The minimum atomic E-state index is -0.458. The standard InChI is InChI=1S/C12H13N5OS2/c1-8(10-6-4-3-5-7-10)13-11(18)15-17-20-12-16-14-9(2)19-12/h3-7,17H,1-2H3,(H,15,18). The van der Waals surface area contributed by atoms with Gasteiger partial charge in [0.05, 0.1) is 5.71 Å². The number of hydrogen-bond donors (Lipinski definition) is 2. The average molecular weight is 307 g/mol. The zero-order valence-electron chi connectivity index (χ0n) is 11.0. The maximum absolute atomic E-state index is 11.6. The van der Waals surface area contributed by atoms with Crippen LogP contribution in [0.1, 0.15) is 17.5 Å². The number of carbonyl (C=O) groups is 1. The van der Waals surface area contributed by atoms with Gasteiger partial charge in [-0.25, -0.2) is 4.79 Å². The van der Waals surface area contributed by atoms with Crippen molar-refractivity contribution in [2.45, 2.75) is 18.2 Å². The highest BCUT2D eigenvalue weighted by molar-refractivity contribution is 7.99. The lowest BCUT2D eigenvalue weighted by Gasteiger charge is -2.02. The molecule has 0 spiro atoms. The molecule has 0 radical (unpaired) electrons. The zero-order valence-corrected chi connectivity index (χ0v) is 12.6. The third-order valence-electron chi connectivity index (χ3n) is 2.26. The van der Waals surface area contributed by atoms with Gasteiger partial charge in [-0.3, -0.25) is 5.43 Å². The first-order chi connectivity index (χ1) is 9.65. The Bertz CT molecular complexity index is 611. The number of hydrogen-bond acceptors (Lipinski definition) is 6. The van der Waals surface area contributed by atoms with E-state index < -0.39 is 6.03 Å². The molecule has 2 N–H and O–H groups in total.